The smallest absolute Gasteiger partial charge is 0.260 e. The summed E-state index contributed by atoms with van der Waals surface area (Å²) in [7, 11) is -3.54. The Morgan fingerprint density at radius 1 is 0.933 bits per heavy atom. The normalized spacial score (nSPS) is 19.5. The van der Waals surface area contributed by atoms with Gasteiger partial charge in [-0.1, -0.05) is 24.6 Å². The van der Waals surface area contributed by atoms with Crippen LogP contribution in [0, 0.1) is 0 Å². The van der Waals surface area contributed by atoms with Crippen LogP contribution in [-0.2, 0) is 10.0 Å². The van der Waals surface area contributed by atoms with E-state index in [0.29, 0.717) is 30.2 Å². The average molecular weight is 427 g/mol. The third-order valence-corrected chi connectivity index (χ3v) is 7.15. The summed E-state index contributed by atoms with van der Waals surface area (Å²) in [4.78, 5) is 0.229. The van der Waals surface area contributed by atoms with E-state index in [1.54, 1.807) is 28.6 Å². The molecule has 2 aliphatic heterocycles. The molecule has 1 saturated heterocycles. The van der Waals surface area contributed by atoms with Gasteiger partial charge in [-0.3, -0.25) is 0 Å². The van der Waals surface area contributed by atoms with Crippen LogP contribution in [-0.4, -0.2) is 42.6 Å². The summed E-state index contributed by atoms with van der Waals surface area (Å²) < 4.78 is 44.9. The molecule has 1 unspecified atom stereocenters. The molecule has 3 heterocycles. The SMILES string of the molecule is O=S(=O)(c1cccc(-c2nnc(C3COc4ccccc4O3)o2)c1)N1CCCCC1. The zero-order valence-electron chi connectivity index (χ0n) is 16.2. The molecule has 0 radical (unpaired) electrons. The molecule has 0 amide bonds. The summed E-state index contributed by atoms with van der Waals surface area (Å²) in [6.45, 7) is 1.36. The molecule has 1 atom stereocenters. The monoisotopic (exact) mass is 427 g/mol. The molecule has 1 fully saturated rings. The van der Waals surface area contributed by atoms with Gasteiger partial charge in [0.1, 0.15) is 6.61 Å². The van der Waals surface area contributed by atoms with Crippen LogP contribution >= 0.6 is 0 Å². The highest BCUT2D eigenvalue weighted by Crippen LogP contribution is 2.36. The predicted octanol–water partition coefficient (Wildman–Crippen LogP) is 3.42. The van der Waals surface area contributed by atoms with Gasteiger partial charge in [0.15, 0.2) is 11.5 Å². The lowest BCUT2D eigenvalue weighted by Crippen LogP contribution is -2.35. The molecule has 2 aliphatic rings. The Balaban J connectivity index is 1.39. The zero-order valence-corrected chi connectivity index (χ0v) is 17.0. The van der Waals surface area contributed by atoms with Crippen molar-refractivity contribution >= 4 is 10.0 Å². The largest absolute Gasteiger partial charge is 0.485 e. The lowest BCUT2D eigenvalue weighted by atomic mass is 10.2. The molecule has 8 nitrogen and oxygen atoms in total. The van der Waals surface area contributed by atoms with Gasteiger partial charge in [0, 0.05) is 18.7 Å². The van der Waals surface area contributed by atoms with Gasteiger partial charge in [-0.15, -0.1) is 10.2 Å². The van der Waals surface area contributed by atoms with Crippen molar-refractivity contribution in [2.45, 2.75) is 30.3 Å². The second-order valence-corrected chi connectivity index (χ2v) is 9.24. The molecular formula is C21H21N3O5S. The van der Waals surface area contributed by atoms with Crippen LogP contribution in [0.15, 0.2) is 57.8 Å². The van der Waals surface area contributed by atoms with E-state index in [2.05, 4.69) is 10.2 Å². The Bertz CT molecular complexity index is 1150. The fourth-order valence-corrected chi connectivity index (χ4v) is 5.23. The van der Waals surface area contributed by atoms with Crippen LogP contribution in [0.2, 0.25) is 0 Å². The molecule has 0 aliphatic carbocycles. The Kier molecular flexibility index (Phi) is 4.92. The maximum absolute atomic E-state index is 13.0. The van der Waals surface area contributed by atoms with E-state index >= 15 is 0 Å². The van der Waals surface area contributed by atoms with Gasteiger partial charge in [0.25, 0.3) is 5.89 Å². The van der Waals surface area contributed by atoms with E-state index in [1.807, 2.05) is 24.3 Å². The summed E-state index contributed by atoms with van der Waals surface area (Å²) >= 11 is 0. The van der Waals surface area contributed by atoms with Crippen LogP contribution in [0.4, 0.5) is 0 Å². The topological polar surface area (TPSA) is 94.8 Å². The van der Waals surface area contributed by atoms with Gasteiger partial charge in [-0.25, -0.2) is 8.42 Å². The number of aromatic nitrogens is 2. The summed E-state index contributed by atoms with van der Waals surface area (Å²) in [5.74, 6) is 1.80. The van der Waals surface area contributed by atoms with Crippen LogP contribution in [0.1, 0.15) is 31.3 Å². The minimum Gasteiger partial charge on any atom is -0.485 e. The van der Waals surface area contributed by atoms with Crippen molar-refractivity contribution < 1.29 is 22.3 Å². The summed E-state index contributed by atoms with van der Waals surface area (Å²) in [6, 6.07) is 14.0. The van der Waals surface area contributed by atoms with Crippen LogP contribution < -0.4 is 9.47 Å². The van der Waals surface area contributed by atoms with Gasteiger partial charge in [0.2, 0.25) is 22.0 Å². The Hall–Kier alpha value is -2.91. The summed E-state index contributed by atoms with van der Waals surface area (Å²) in [5.41, 5.74) is 0.545. The molecule has 0 saturated carbocycles. The van der Waals surface area contributed by atoms with Gasteiger partial charge < -0.3 is 13.9 Å². The van der Waals surface area contributed by atoms with Crippen molar-refractivity contribution in [3.63, 3.8) is 0 Å². The molecule has 0 N–H and O–H groups in total. The number of piperidine rings is 1. The van der Waals surface area contributed by atoms with Crippen LogP contribution in [0.25, 0.3) is 11.5 Å². The lowest BCUT2D eigenvalue weighted by molar-refractivity contribution is 0.0716. The Labute approximate surface area is 174 Å². The number of para-hydroxylation sites is 2. The van der Waals surface area contributed by atoms with E-state index in [9.17, 15) is 8.42 Å². The van der Waals surface area contributed by atoms with E-state index in [0.717, 1.165) is 19.3 Å². The van der Waals surface area contributed by atoms with Crippen LogP contribution in [0.5, 0.6) is 11.5 Å². The van der Waals surface area contributed by atoms with Crippen molar-refractivity contribution in [1.82, 2.24) is 14.5 Å². The number of nitrogens with zero attached hydrogens (tertiary/aromatic N) is 3. The van der Waals surface area contributed by atoms with E-state index in [4.69, 9.17) is 13.9 Å². The maximum Gasteiger partial charge on any atom is 0.260 e. The van der Waals surface area contributed by atoms with E-state index in [1.165, 1.54) is 0 Å². The molecule has 5 rings (SSSR count). The number of benzene rings is 2. The minimum atomic E-state index is -3.54. The first kappa shape index (κ1) is 19.1. The number of rotatable bonds is 4. The third kappa shape index (κ3) is 3.54. The van der Waals surface area contributed by atoms with Crippen molar-refractivity contribution in [1.29, 1.82) is 0 Å². The Morgan fingerprint density at radius 2 is 1.73 bits per heavy atom. The first-order valence-electron chi connectivity index (χ1n) is 9.94. The van der Waals surface area contributed by atoms with Crippen LogP contribution in [0.3, 0.4) is 0 Å². The highest BCUT2D eigenvalue weighted by Gasteiger charge is 2.29. The molecule has 156 valence electrons. The molecule has 2 aromatic carbocycles. The molecular weight excluding hydrogens is 406 g/mol. The second kappa shape index (κ2) is 7.73. The summed E-state index contributed by atoms with van der Waals surface area (Å²) in [5, 5.41) is 8.18. The molecule has 30 heavy (non-hydrogen) atoms. The highest BCUT2D eigenvalue weighted by molar-refractivity contribution is 7.89. The fourth-order valence-electron chi connectivity index (χ4n) is 3.67. The zero-order chi connectivity index (χ0) is 20.6. The standard InChI is InChI=1S/C21H21N3O5S/c25-30(26,24-11-4-1-5-12-24)16-8-6-7-15(13-16)20-22-23-21(29-20)19-14-27-17-9-2-3-10-18(17)28-19/h2-3,6-10,13,19H,1,4-5,11-12,14H2. The quantitative estimate of drug-likeness (QED) is 0.629. The average Bonchev–Trinajstić information content (AvgIpc) is 3.30. The lowest BCUT2D eigenvalue weighted by Gasteiger charge is -2.25. The number of fused-ring (bicyclic) bond motifs is 1. The number of sulfonamides is 1. The number of hydrogen-bond acceptors (Lipinski definition) is 7. The van der Waals surface area contributed by atoms with Gasteiger partial charge >= 0.3 is 0 Å². The van der Waals surface area contributed by atoms with Crippen molar-refractivity contribution in [3.8, 4) is 23.0 Å². The Morgan fingerprint density at radius 3 is 2.57 bits per heavy atom. The number of hydrogen-bond donors (Lipinski definition) is 0. The fraction of sp³-hybridized carbons (Fsp3) is 0.333. The molecule has 0 spiro atoms. The summed E-state index contributed by atoms with van der Waals surface area (Å²) in [6.07, 6.45) is 2.31. The predicted molar refractivity (Wildman–Crippen MR) is 108 cm³/mol. The third-order valence-electron chi connectivity index (χ3n) is 5.26. The first-order valence-corrected chi connectivity index (χ1v) is 11.4. The molecule has 3 aromatic rings. The van der Waals surface area contributed by atoms with Gasteiger partial charge in [0.05, 0.1) is 4.90 Å². The molecule has 0 bridgehead atoms. The molecule has 9 heteroatoms. The van der Waals surface area contributed by atoms with E-state index in [-0.39, 0.29) is 23.3 Å². The van der Waals surface area contributed by atoms with E-state index < -0.39 is 16.1 Å². The highest BCUT2D eigenvalue weighted by atomic mass is 32.2. The van der Waals surface area contributed by atoms with Crippen molar-refractivity contribution in [2.75, 3.05) is 19.7 Å². The van der Waals surface area contributed by atoms with Gasteiger partial charge in [-0.2, -0.15) is 4.31 Å². The first-order chi connectivity index (χ1) is 14.6. The number of ether oxygens (including phenoxy) is 2. The minimum absolute atomic E-state index is 0.229. The van der Waals surface area contributed by atoms with Crippen molar-refractivity contribution in [2.24, 2.45) is 0 Å². The van der Waals surface area contributed by atoms with Gasteiger partial charge in [-0.05, 0) is 43.2 Å². The second-order valence-electron chi connectivity index (χ2n) is 7.30. The maximum atomic E-state index is 13.0. The molecule has 1 aromatic heterocycles. The van der Waals surface area contributed by atoms with Crippen molar-refractivity contribution in [3.05, 3.63) is 54.4 Å².